The summed E-state index contributed by atoms with van der Waals surface area (Å²) in [5.74, 6) is 2.01. The molecule has 0 saturated heterocycles. The van der Waals surface area contributed by atoms with Crippen LogP contribution in [0.1, 0.15) is 31.9 Å². The molecule has 2 unspecified atom stereocenters. The van der Waals surface area contributed by atoms with E-state index in [1.54, 1.807) is 6.26 Å². The second-order valence-electron chi connectivity index (χ2n) is 5.30. The molecule has 0 spiro atoms. The Morgan fingerprint density at radius 2 is 2.44 bits per heavy atom. The standard InChI is InChI=1S/C14H20N2OS/c1-10(4-7-12-3-2-8-17-12)16-14-15-9-13(18-14)11-5-6-11/h2-3,8,10-11,13H,4-7,9H2,1H3,(H,15,16). The highest BCUT2D eigenvalue weighted by Gasteiger charge is 2.35. The van der Waals surface area contributed by atoms with Gasteiger partial charge in [0.05, 0.1) is 12.8 Å². The van der Waals surface area contributed by atoms with Crippen LogP contribution in [-0.2, 0) is 6.42 Å². The number of thioether (sulfide) groups is 1. The summed E-state index contributed by atoms with van der Waals surface area (Å²) in [7, 11) is 0. The van der Waals surface area contributed by atoms with Gasteiger partial charge in [0, 0.05) is 17.7 Å². The molecule has 2 heterocycles. The minimum atomic E-state index is 0.458. The Bertz CT molecular complexity index is 411. The first-order valence-electron chi connectivity index (χ1n) is 6.81. The van der Waals surface area contributed by atoms with Crippen molar-refractivity contribution in [1.82, 2.24) is 5.32 Å². The van der Waals surface area contributed by atoms with E-state index >= 15 is 0 Å². The van der Waals surface area contributed by atoms with Gasteiger partial charge in [0.1, 0.15) is 5.76 Å². The van der Waals surface area contributed by atoms with E-state index in [-0.39, 0.29) is 0 Å². The molecule has 1 aromatic heterocycles. The molecule has 2 atom stereocenters. The third-order valence-electron chi connectivity index (χ3n) is 3.60. The number of nitrogens with zero attached hydrogens (tertiary/aromatic N) is 1. The SMILES string of the molecule is CC(CCc1ccco1)NC1=NCC(C2CC2)S1. The van der Waals surface area contributed by atoms with Gasteiger partial charge in [0.25, 0.3) is 0 Å². The van der Waals surface area contributed by atoms with Crippen LogP contribution in [0.4, 0.5) is 0 Å². The maximum absolute atomic E-state index is 5.35. The summed E-state index contributed by atoms with van der Waals surface area (Å²) in [6.07, 6.45) is 6.64. The van der Waals surface area contributed by atoms with E-state index in [2.05, 4.69) is 17.2 Å². The van der Waals surface area contributed by atoms with E-state index in [0.29, 0.717) is 6.04 Å². The summed E-state index contributed by atoms with van der Waals surface area (Å²) in [5, 5.41) is 5.43. The quantitative estimate of drug-likeness (QED) is 0.888. The van der Waals surface area contributed by atoms with Crippen molar-refractivity contribution < 1.29 is 4.42 Å². The number of amidine groups is 1. The molecule has 1 saturated carbocycles. The number of furan rings is 1. The Labute approximate surface area is 112 Å². The molecular weight excluding hydrogens is 244 g/mol. The molecule has 3 nitrogen and oxygen atoms in total. The molecule has 1 aromatic rings. The molecule has 0 amide bonds. The molecule has 2 aliphatic rings. The fourth-order valence-electron chi connectivity index (χ4n) is 2.28. The van der Waals surface area contributed by atoms with Crippen molar-refractivity contribution in [3.8, 4) is 0 Å². The Morgan fingerprint density at radius 1 is 1.56 bits per heavy atom. The van der Waals surface area contributed by atoms with Crippen LogP contribution in [0.2, 0.25) is 0 Å². The molecule has 3 rings (SSSR count). The summed E-state index contributed by atoms with van der Waals surface area (Å²) >= 11 is 1.95. The smallest absolute Gasteiger partial charge is 0.157 e. The molecule has 1 fully saturated rings. The number of aryl methyl sites for hydroxylation is 1. The predicted molar refractivity (Wildman–Crippen MR) is 76.0 cm³/mol. The fourth-order valence-corrected chi connectivity index (χ4v) is 3.60. The third kappa shape index (κ3) is 3.10. The van der Waals surface area contributed by atoms with E-state index in [4.69, 9.17) is 4.42 Å². The van der Waals surface area contributed by atoms with Crippen molar-refractivity contribution in [2.24, 2.45) is 10.9 Å². The van der Waals surface area contributed by atoms with Crippen LogP contribution in [0.5, 0.6) is 0 Å². The number of aliphatic imine (C=N–C) groups is 1. The number of hydrogen-bond acceptors (Lipinski definition) is 4. The van der Waals surface area contributed by atoms with E-state index < -0.39 is 0 Å². The molecule has 0 radical (unpaired) electrons. The van der Waals surface area contributed by atoms with Gasteiger partial charge in [-0.1, -0.05) is 11.8 Å². The van der Waals surface area contributed by atoms with Crippen LogP contribution in [-0.4, -0.2) is 23.0 Å². The fraction of sp³-hybridized carbons (Fsp3) is 0.643. The Morgan fingerprint density at radius 3 is 3.17 bits per heavy atom. The highest BCUT2D eigenvalue weighted by molar-refractivity contribution is 8.14. The Balaban J connectivity index is 1.39. The number of hydrogen-bond donors (Lipinski definition) is 1. The van der Waals surface area contributed by atoms with Gasteiger partial charge in [0.15, 0.2) is 5.17 Å². The molecular formula is C14H20N2OS. The first-order valence-corrected chi connectivity index (χ1v) is 7.69. The van der Waals surface area contributed by atoms with Crippen LogP contribution in [0.25, 0.3) is 0 Å². The monoisotopic (exact) mass is 264 g/mol. The van der Waals surface area contributed by atoms with Crippen LogP contribution in [0, 0.1) is 5.92 Å². The zero-order valence-electron chi connectivity index (χ0n) is 10.8. The molecule has 98 valence electrons. The minimum Gasteiger partial charge on any atom is -0.469 e. The van der Waals surface area contributed by atoms with Crippen molar-refractivity contribution in [1.29, 1.82) is 0 Å². The lowest BCUT2D eigenvalue weighted by Gasteiger charge is -2.14. The van der Waals surface area contributed by atoms with E-state index in [0.717, 1.165) is 41.5 Å². The summed E-state index contributed by atoms with van der Waals surface area (Å²) < 4.78 is 5.35. The van der Waals surface area contributed by atoms with Crippen LogP contribution < -0.4 is 5.32 Å². The first kappa shape index (κ1) is 12.2. The maximum atomic E-state index is 5.35. The average Bonchev–Trinajstić information content (AvgIpc) is 2.90. The summed E-state index contributed by atoms with van der Waals surface area (Å²) in [5.41, 5.74) is 0. The van der Waals surface area contributed by atoms with Gasteiger partial charge in [0.2, 0.25) is 0 Å². The normalized spacial score (nSPS) is 24.9. The van der Waals surface area contributed by atoms with Crippen molar-refractivity contribution in [2.75, 3.05) is 6.54 Å². The molecule has 1 aliphatic heterocycles. The lowest BCUT2D eigenvalue weighted by molar-refractivity contribution is 0.483. The molecule has 1 aliphatic carbocycles. The van der Waals surface area contributed by atoms with Crippen molar-refractivity contribution in [3.05, 3.63) is 24.2 Å². The van der Waals surface area contributed by atoms with Gasteiger partial charge in [-0.05, 0) is 44.2 Å². The lowest BCUT2D eigenvalue weighted by atomic mass is 10.1. The number of nitrogens with one attached hydrogen (secondary N) is 1. The second kappa shape index (κ2) is 5.39. The van der Waals surface area contributed by atoms with E-state index in [1.807, 2.05) is 23.9 Å². The second-order valence-corrected chi connectivity index (χ2v) is 6.53. The van der Waals surface area contributed by atoms with Gasteiger partial charge >= 0.3 is 0 Å². The molecule has 0 aromatic carbocycles. The van der Waals surface area contributed by atoms with Crippen LogP contribution >= 0.6 is 11.8 Å². The molecule has 1 N–H and O–H groups in total. The van der Waals surface area contributed by atoms with Gasteiger partial charge in [-0.3, -0.25) is 4.99 Å². The van der Waals surface area contributed by atoms with Crippen molar-refractivity contribution >= 4 is 16.9 Å². The van der Waals surface area contributed by atoms with Crippen LogP contribution in [0.3, 0.4) is 0 Å². The largest absolute Gasteiger partial charge is 0.469 e. The Hall–Kier alpha value is -0.900. The van der Waals surface area contributed by atoms with Gasteiger partial charge in [-0.2, -0.15) is 0 Å². The zero-order valence-corrected chi connectivity index (χ0v) is 11.6. The first-order chi connectivity index (χ1) is 8.81. The zero-order chi connectivity index (χ0) is 12.4. The van der Waals surface area contributed by atoms with E-state index in [1.165, 1.54) is 12.8 Å². The van der Waals surface area contributed by atoms with Gasteiger partial charge in [-0.15, -0.1) is 0 Å². The van der Waals surface area contributed by atoms with Crippen molar-refractivity contribution in [2.45, 2.75) is 43.9 Å². The highest BCUT2D eigenvalue weighted by Crippen LogP contribution is 2.41. The molecule has 18 heavy (non-hydrogen) atoms. The predicted octanol–water partition coefficient (Wildman–Crippen LogP) is 3.07. The van der Waals surface area contributed by atoms with Gasteiger partial charge in [-0.25, -0.2) is 0 Å². The number of rotatable bonds is 5. The Kier molecular flexibility index (Phi) is 3.64. The topological polar surface area (TPSA) is 37.5 Å². The molecule has 0 bridgehead atoms. The maximum Gasteiger partial charge on any atom is 0.157 e. The molecule has 4 heteroatoms. The van der Waals surface area contributed by atoms with Crippen LogP contribution in [0.15, 0.2) is 27.8 Å². The summed E-state index contributed by atoms with van der Waals surface area (Å²) in [6, 6.07) is 4.45. The summed E-state index contributed by atoms with van der Waals surface area (Å²) in [6.45, 7) is 3.24. The average molecular weight is 264 g/mol. The summed E-state index contributed by atoms with van der Waals surface area (Å²) in [4.78, 5) is 4.61. The highest BCUT2D eigenvalue weighted by atomic mass is 32.2. The van der Waals surface area contributed by atoms with Gasteiger partial charge < -0.3 is 9.73 Å². The minimum absolute atomic E-state index is 0.458. The van der Waals surface area contributed by atoms with Crippen molar-refractivity contribution in [3.63, 3.8) is 0 Å². The van der Waals surface area contributed by atoms with E-state index in [9.17, 15) is 0 Å². The third-order valence-corrected chi connectivity index (χ3v) is 4.91. The lowest BCUT2D eigenvalue weighted by Crippen LogP contribution is -2.30.